The van der Waals surface area contributed by atoms with E-state index >= 15 is 0 Å². The molecule has 3 rings (SSSR count). The van der Waals surface area contributed by atoms with E-state index in [1.165, 1.54) is 24.1 Å². The predicted octanol–water partition coefficient (Wildman–Crippen LogP) is 7.46. The van der Waals surface area contributed by atoms with Gasteiger partial charge in [0.15, 0.2) is 0 Å². The van der Waals surface area contributed by atoms with E-state index in [1.54, 1.807) is 36.0 Å². The molecule has 1 heterocycles. The Morgan fingerprint density at radius 3 is 2.43 bits per heavy atom. The van der Waals surface area contributed by atoms with E-state index < -0.39 is 34.1 Å². The maximum absolute atomic E-state index is 13.5. The zero-order valence-electron chi connectivity index (χ0n) is 19.3. The van der Waals surface area contributed by atoms with Crippen molar-refractivity contribution in [1.29, 1.82) is 0 Å². The number of anilines is 1. The summed E-state index contributed by atoms with van der Waals surface area (Å²) in [7, 11) is 0. The molecule has 3 amide bonds. The van der Waals surface area contributed by atoms with Crippen molar-refractivity contribution in [2.75, 3.05) is 23.5 Å². The zero-order chi connectivity index (χ0) is 26.0. The summed E-state index contributed by atoms with van der Waals surface area (Å²) in [5.41, 5.74) is -0.325. The lowest BCUT2D eigenvalue weighted by molar-refractivity contribution is -0.137. The van der Waals surface area contributed by atoms with Gasteiger partial charge in [-0.25, -0.2) is 14.7 Å². The van der Waals surface area contributed by atoms with E-state index in [2.05, 4.69) is 21.0 Å². The maximum Gasteiger partial charge on any atom is 0.417 e. The highest BCUT2D eigenvalue weighted by Crippen LogP contribution is 2.40. The number of imide groups is 1. The number of alkyl halides is 3. The summed E-state index contributed by atoms with van der Waals surface area (Å²) in [6.45, 7) is 3.38. The van der Waals surface area contributed by atoms with Gasteiger partial charge in [0.2, 0.25) is 5.91 Å². The molecule has 0 spiro atoms. The van der Waals surface area contributed by atoms with Crippen LogP contribution in [0, 0.1) is 5.41 Å². The predicted molar refractivity (Wildman–Crippen MR) is 138 cm³/mol. The van der Waals surface area contributed by atoms with E-state index in [0.29, 0.717) is 23.4 Å². The third kappa shape index (κ3) is 6.21. The highest BCUT2D eigenvalue weighted by molar-refractivity contribution is 9.10. The van der Waals surface area contributed by atoms with Crippen LogP contribution in [0.5, 0.6) is 0 Å². The summed E-state index contributed by atoms with van der Waals surface area (Å²) in [4.78, 5) is 26.9. The minimum atomic E-state index is -4.58. The second-order valence-electron chi connectivity index (χ2n) is 8.47. The molecule has 0 aliphatic carbocycles. The van der Waals surface area contributed by atoms with Crippen molar-refractivity contribution < 1.29 is 22.8 Å². The Morgan fingerprint density at radius 2 is 1.89 bits per heavy atom. The van der Waals surface area contributed by atoms with Crippen LogP contribution in [0.2, 0.25) is 5.02 Å². The number of hydrogen-bond acceptors (Lipinski definition) is 4. The summed E-state index contributed by atoms with van der Waals surface area (Å²) in [6, 6.07) is 9.56. The Kier molecular flexibility index (Phi) is 8.60. The van der Waals surface area contributed by atoms with Gasteiger partial charge in [0.05, 0.1) is 28.5 Å². The van der Waals surface area contributed by atoms with E-state index in [9.17, 15) is 22.8 Å². The Balaban J connectivity index is 2.02. The molecule has 0 bridgehead atoms. The first-order valence-electron chi connectivity index (χ1n) is 10.7. The van der Waals surface area contributed by atoms with Gasteiger partial charge in [-0.1, -0.05) is 40.5 Å². The van der Waals surface area contributed by atoms with Crippen molar-refractivity contribution in [2.24, 2.45) is 10.5 Å². The van der Waals surface area contributed by atoms with E-state index in [4.69, 9.17) is 11.6 Å². The second-order valence-corrected chi connectivity index (χ2v) is 10.8. The number of urea groups is 1. The number of benzene rings is 2. The van der Waals surface area contributed by atoms with Gasteiger partial charge >= 0.3 is 12.2 Å². The Morgan fingerprint density at radius 1 is 1.23 bits per heavy atom. The molecule has 11 heteroatoms. The molecule has 188 valence electrons. The molecule has 0 fully saturated rings. The quantitative estimate of drug-likeness (QED) is 0.328. The van der Waals surface area contributed by atoms with Gasteiger partial charge in [0.25, 0.3) is 0 Å². The first-order valence-corrected chi connectivity index (χ1v) is 13.3. The van der Waals surface area contributed by atoms with Crippen molar-refractivity contribution >= 4 is 62.6 Å². The van der Waals surface area contributed by atoms with Gasteiger partial charge in [0.1, 0.15) is 0 Å². The molecule has 1 aliphatic heterocycles. The number of rotatable bonds is 6. The lowest BCUT2D eigenvalue weighted by atomic mass is 9.78. The van der Waals surface area contributed by atoms with Crippen LogP contribution in [-0.2, 0) is 11.0 Å². The molecule has 35 heavy (non-hydrogen) atoms. The topological polar surface area (TPSA) is 53.0 Å². The van der Waals surface area contributed by atoms with Crippen molar-refractivity contribution in [3.8, 4) is 0 Å². The Bertz CT molecular complexity index is 1140. The fourth-order valence-corrected chi connectivity index (χ4v) is 5.01. The lowest BCUT2D eigenvalue weighted by Crippen LogP contribution is -2.44. The standard InChI is InChI=1S/C24H24BrClF3N3O2S/c1-15(33)32(18-8-6-17(25)7-9-18)22(34)31-14-23(2,11-4-12-35-3)21(30-31)16-5-10-19(20(26)13-16)24(27,28)29/h5-10,13H,4,11-12,14H2,1-3H3. The third-order valence-corrected chi connectivity index (χ3v) is 7.27. The number of halogens is 5. The van der Waals surface area contributed by atoms with E-state index in [0.717, 1.165) is 27.6 Å². The summed E-state index contributed by atoms with van der Waals surface area (Å²) >= 11 is 11.0. The normalized spacial score (nSPS) is 17.9. The average molecular weight is 591 g/mol. The monoisotopic (exact) mass is 589 g/mol. The van der Waals surface area contributed by atoms with Gasteiger partial charge < -0.3 is 0 Å². The third-order valence-electron chi connectivity index (χ3n) is 5.73. The number of hydrazone groups is 1. The zero-order valence-corrected chi connectivity index (χ0v) is 22.5. The van der Waals surface area contributed by atoms with Crippen molar-refractivity contribution in [1.82, 2.24) is 5.01 Å². The highest BCUT2D eigenvalue weighted by atomic mass is 79.9. The summed E-state index contributed by atoms with van der Waals surface area (Å²) in [5.74, 6) is 0.394. The van der Waals surface area contributed by atoms with Gasteiger partial charge in [0, 0.05) is 16.8 Å². The van der Waals surface area contributed by atoms with Crippen molar-refractivity contribution in [2.45, 2.75) is 32.9 Å². The lowest BCUT2D eigenvalue weighted by Gasteiger charge is -2.28. The molecule has 5 nitrogen and oxygen atoms in total. The SMILES string of the molecule is CSCCCC1(C)CN(C(=O)N(C(C)=O)c2ccc(Br)cc2)N=C1c1ccc(C(F)(F)F)c(Cl)c1. The fourth-order valence-electron chi connectivity index (χ4n) is 4.03. The first kappa shape index (κ1) is 27.5. The molecule has 1 aliphatic rings. The number of carbonyl (C=O) groups excluding carboxylic acids is 2. The maximum atomic E-state index is 13.5. The minimum Gasteiger partial charge on any atom is -0.274 e. The van der Waals surface area contributed by atoms with Gasteiger partial charge in [-0.2, -0.15) is 30.0 Å². The minimum absolute atomic E-state index is 0.175. The number of nitrogens with zero attached hydrogens (tertiary/aromatic N) is 3. The molecular formula is C24H24BrClF3N3O2S. The van der Waals surface area contributed by atoms with Crippen LogP contribution in [0.3, 0.4) is 0 Å². The molecule has 0 aromatic heterocycles. The average Bonchev–Trinajstić information content (AvgIpc) is 3.12. The van der Waals surface area contributed by atoms with Crippen LogP contribution in [0.15, 0.2) is 52.0 Å². The van der Waals surface area contributed by atoms with Crippen molar-refractivity contribution in [3.05, 3.63) is 63.1 Å². The number of amides is 3. The number of thioether (sulfide) groups is 1. The van der Waals surface area contributed by atoms with Crippen LogP contribution < -0.4 is 4.90 Å². The van der Waals surface area contributed by atoms with Gasteiger partial charge in [-0.15, -0.1) is 0 Å². The molecule has 1 atom stereocenters. The first-order chi connectivity index (χ1) is 16.4. The molecule has 1 unspecified atom stereocenters. The molecule has 2 aromatic rings. The van der Waals surface area contributed by atoms with Crippen LogP contribution in [0.4, 0.5) is 23.7 Å². The molecular weight excluding hydrogens is 567 g/mol. The van der Waals surface area contributed by atoms with Crippen LogP contribution in [0.25, 0.3) is 0 Å². The van der Waals surface area contributed by atoms with Crippen LogP contribution in [0.1, 0.15) is 37.8 Å². The largest absolute Gasteiger partial charge is 0.417 e. The van der Waals surface area contributed by atoms with Gasteiger partial charge in [-0.05, 0) is 66.8 Å². The molecule has 0 N–H and O–H groups in total. The van der Waals surface area contributed by atoms with E-state index in [1.807, 2.05) is 13.2 Å². The molecule has 0 saturated carbocycles. The summed E-state index contributed by atoms with van der Waals surface area (Å²) in [6.07, 6.45) is -1.13. The molecule has 0 radical (unpaired) electrons. The smallest absolute Gasteiger partial charge is 0.274 e. The highest BCUT2D eigenvalue weighted by Gasteiger charge is 2.43. The fraction of sp³-hybridized carbons (Fsp3) is 0.375. The molecule has 0 saturated heterocycles. The summed E-state index contributed by atoms with van der Waals surface area (Å²) in [5, 5.41) is 5.30. The van der Waals surface area contributed by atoms with Crippen molar-refractivity contribution in [3.63, 3.8) is 0 Å². The summed E-state index contributed by atoms with van der Waals surface area (Å²) < 4.78 is 40.5. The van der Waals surface area contributed by atoms with Crippen LogP contribution >= 0.6 is 39.3 Å². The number of hydrogen-bond donors (Lipinski definition) is 0. The van der Waals surface area contributed by atoms with Gasteiger partial charge in [-0.3, -0.25) is 4.79 Å². The Labute approximate surface area is 219 Å². The van der Waals surface area contributed by atoms with E-state index in [-0.39, 0.29) is 6.54 Å². The van der Waals surface area contributed by atoms with Crippen LogP contribution in [-0.4, -0.2) is 41.2 Å². The second kappa shape index (κ2) is 10.9. The Hall–Kier alpha value is -2.04. The number of carbonyl (C=O) groups is 2. The molecule has 2 aromatic carbocycles.